The van der Waals surface area contributed by atoms with Crippen LogP contribution >= 0.6 is 0 Å². The number of nitrogens with zero attached hydrogens (tertiary/aromatic N) is 1. The lowest BCUT2D eigenvalue weighted by Crippen LogP contribution is -2.43. The highest BCUT2D eigenvalue weighted by atomic mass is 16.4. The van der Waals surface area contributed by atoms with Crippen molar-refractivity contribution < 1.29 is 14.7 Å². The smallest absolute Gasteiger partial charge is 0.328 e. The van der Waals surface area contributed by atoms with Gasteiger partial charge in [0.15, 0.2) is 0 Å². The molecule has 0 aromatic rings. The molecule has 2 aliphatic rings. The molecule has 2 rings (SSSR count). The lowest BCUT2D eigenvalue weighted by atomic mass is 9.98. The van der Waals surface area contributed by atoms with Gasteiger partial charge in [-0.1, -0.05) is 0 Å². The number of nitrogens with one attached hydrogen (secondary N) is 1. The molecule has 2 unspecified atom stereocenters. The van der Waals surface area contributed by atoms with Gasteiger partial charge in [-0.25, -0.2) is 9.59 Å². The quantitative estimate of drug-likeness (QED) is 0.603. The molecule has 0 bridgehead atoms. The molecular formula is C8H12N2O3. The number of carboxylic acids is 1. The van der Waals surface area contributed by atoms with Crippen LogP contribution in [0.5, 0.6) is 0 Å². The number of hydrogen-bond acceptors (Lipinski definition) is 2. The summed E-state index contributed by atoms with van der Waals surface area (Å²) in [6.07, 6.45) is 2.80. The number of fused-ring (bicyclic) bond motifs is 1. The minimum atomic E-state index is -0.928. The van der Waals surface area contributed by atoms with E-state index in [-0.39, 0.29) is 12.1 Å². The van der Waals surface area contributed by atoms with Crippen LogP contribution in [0.25, 0.3) is 0 Å². The van der Waals surface area contributed by atoms with Crippen molar-refractivity contribution in [3.8, 4) is 0 Å². The van der Waals surface area contributed by atoms with Crippen molar-refractivity contribution in [3.05, 3.63) is 0 Å². The first-order valence-corrected chi connectivity index (χ1v) is 4.50. The van der Waals surface area contributed by atoms with Crippen molar-refractivity contribution in [2.24, 2.45) is 0 Å². The van der Waals surface area contributed by atoms with Gasteiger partial charge >= 0.3 is 12.0 Å². The second kappa shape index (κ2) is 2.90. The molecule has 13 heavy (non-hydrogen) atoms. The lowest BCUT2D eigenvalue weighted by molar-refractivity contribution is -0.139. The first-order valence-electron chi connectivity index (χ1n) is 4.50. The Morgan fingerprint density at radius 2 is 2.31 bits per heavy atom. The topological polar surface area (TPSA) is 69.6 Å². The number of carbonyl (C=O) groups is 2. The molecule has 2 atom stereocenters. The van der Waals surface area contributed by atoms with Gasteiger partial charge in [-0.15, -0.1) is 0 Å². The molecule has 2 aliphatic heterocycles. The Kier molecular flexibility index (Phi) is 1.86. The summed E-state index contributed by atoms with van der Waals surface area (Å²) in [6.45, 7) is 0.695. The standard InChI is InChI=1S/C8H12N2O3/c11-7(12)6-5-3-1-2-4-10(5)8(13)9-6/h5-6H,1-4H2,(H,9,13)(H,11,12). The number of amides is 2. The van der Waals surface area contributed by atoms with E-state index < -0.39 is 12.0 Å². The van der Waals surface area contributed by atoms with E-state index in [1.165, 1.54) is 0 Å². The zero-order chi connectivity index (χ0) is 9.42. The fourth-order valence-electron chi connectivity index (χ4n) is 2.09. The Bertz CT molecular complexity index is 254. The summed E-state index contributed by atoms with van der Waals surface area (Å²) in [5, 5.41) is 11.3. The Balaban J connectivity index is 2.17. The maximum atomic E-state index is 11.3. The van der Waals surface area contributed by atoms with Crippen LogP contribution < -0.4 is 5.32 Å². The average Bonchev–Trinajstić information content (AvgIpc) is 2.45. The van der Waals surface area contributed by atoms with E-state index in [9.17, 15) is 9.59 Å². The van der Waals surface area contributed by atoms with Gasteiger partial charge < -0.3 is 15.3 Å². The summed E-state index contributed by atoms with van der Waals surface area (Å²) in [6, 6.07) is -1.05. The van der Waals surface area contributed by atoms with Gasteiger partial charge in [-0.3, -0.25) is 0 Å². The third-order valence-electron chi connectivity index (χ3n) is 2.74. The minimum Gasteiger partial charge on any atom is -0.480 e. The molecule has 2 heterocycles. The Labute approximate surface area is 75.7 Å². The van der Waals surface area contributed by atoms with Crippen LogP contribution in [0.1, 0.15) is 19.3 Å². The molecule has 0 aliphatic carbocycles. The van der Waals surface area contributed by atoms with Gasteiger partial charge in [0.25, 0.3) is 0 Å². The maximum absolute atomic E-state index is 11.3. The SMILES string of the molecule is O=C(O)C1NC(=O)N2CCCCC12. The molecule has 2 saturated heterocycles. The highest BCUT2D eigenvalue weighted by Gasteiger charge is 2.43. The Morgan fingerprint density at radius 3 is 3.00 bits per heavy atom. The number of piperidine rings is 1. The largest absolute Gasteiger partial charge is 0.480 e. The van der Waals surface area contributed by atoms with E-state index >= 15 is 0 Å². The van der Waals surface area contributed by atoms with Crippen LogP contribution in [0.15, 0.2) is 0 Å². The monoisotopic (exact) mass is 184 g/mol. The molecule has 0 aromatic carbocycles. The molecule has 5 heteroatoms. The van der Waals surface area contributed by atoms with Crippen molar-refractivity contribution in [1.82, 2.24) is 10.2 Å². The fourth-order valence-corrected chi connectivity index (χ4v) is 2.09. The molecule has 72 valence electrons. The van der Waals surface area contributed by atoms with Crippen molar-refractivity contribution in [1.29, 1.82) is 0 Å². The van der Waals surface area contributed by atoms with Crippen molar-refractivity contribution in [3.63, 3.8) is 0 Å². The summed E-state index contributed by atoms with van der Waals surface area (Å²) >= 11 is 0. The number of urea groups is 1. The van der Waals surface area contributed by atoms with Gasteiger partial charge in [0.05, 0.1) is 6.04 Å². The van der Waals surface area contributed by atoms with Gasteiger partial charge in [0.2, 0.25) is 0 Å². The predicted molar refractivity (Wildman–Crippen MR) is 44.3 cm³/mol. The van der Waals surface area contributed by atoms with Crippen LogP contribution in [0, 0.1) is 0 Å². The Hall–Kier alpha value is -1.26. The Morgan fingerprint density at radius 1 is 1.54 bits per heavy atom. The summed E-state index contributed by atoms with van der Waals surface area (Å²) in [5.74, 6) is -0.928. The molecule has 5 nitrogen and oxygen atoms in total. The van der Waals surface area contributed by atoms with E-state index in [0.717, 1.165) is 19.3 Å². The second-order valence-electron chi connectivity index (χ2n) is 3.52. The van der Waals surface area contributed by atoms with Crippen molar-refractivity contribution >= 4 is 12.0 Å². The second-order valence-corrected chi connectivity index (χ2v) is 3.52. The highest BCUT2D eigenvalue weighted by molar-refractivity contribution is 5.87. The maximum Gasteiger partial charge on any atom is 0.328 e. The van der Waals surface area contributed by atoms with E-state index in [2.05, 4.69) is 5.32 Å². The van der Waals surface area contributed by atoms with Gasteiger partial charge in [0.1, 0.15) is 6.04 Å². The molecule has 0 radical (unpaired) electrons. The van der Waals surface area contributed by atoms with Crippen LogP contribution in [-0.2, 0) is 4.79 Å². The summed E-state index contributed by atoms with van der Waals surface area (Å²) in [4.78, 5) is 23.7. The molecule has 0 spiro atoms. The number of aliphatic carboxylic acids is 1. The van der Waals surface area contributed by atoms with Gasteiger partial charge in [-0.05, 0) is 19.3 Å². The summed E-state index contributed by atoms with van der Waals surface area (Å²) < 4.78 is 0. The van der Waals surface area contributed by atoms with Crippen LogP contribution in [0.2, 0.25) is 0 Å². The third kappa shape index (κ3) is 1.24. The van der Waals surface area contributed by atoms with Crippen LogP contribution in [-0.4, -0.2) is 40.6 Å². The number of rotatable bonds is 1. The molecular weight excluding hydrogens is 172 g/mol. The first-order chi connectivity index (χ1) is 6.20. The summed E-state index contributed by atoms with van der Waals surface area (Å²) in [5.41, 5.74) is 0. The number of carboxylic acid groups (broad SMARTS) is 1. The molecule has 2 fully saturated rings. The van der Waals surface area contributed by atoms with Gasteiger partial charge in [0, 0.05) is 6.54 Å². The van der Waals surface area contributed by atoms with Gasteiger partial charge in [-0.2, -0.15) is 0 Å². The lowest BCUT2D eigenvalue weighted by Gasteiger charge is -2.29. The van der Waals surface area contributed by atoms with E-state index in [4.69, 9.17) is 5.11 Å². The van der Waals surface area contributed by atoms with E-state index in [0.29, 0.717) is 6.54 Å². The zero-order valence-electron chi connectivity index (χ0n) is 7.19. The van der Waals surface area contributed by atoms with Crippen molar-refractivity contribution in [2.45, 2.75) is 31.3 Å². The molecule has 0 aromatic heterocycles. The van der Waals surface area contributed by atoms with E-state index in [1.54, 1.807) is 4.90 Å². The third-order valence-corrected chi connectivity index (χ3v) is 2.74. The fraction of sp³-hybridized carbons (Fsp3) is 0.750. The van der Waals surface area contributed by atoms with Crippen LogP contribution in [0.4, 0.5) is 4.79 Å². The van der Waals surface area contributed by atoms with E-state index in [1.807, 2.05) is 0 Å². The molecule has 2 amide bonds. The highest BCUT2D eigenvalue weighted by Crippen LogP contribution is 2.24. The van der Waals surface area contributed by atoms with Crippen molar-refractivity contribution in [2.75, 3.05) is 6.54 Å². The molecule has 0 saturated carbocycles. The predicted octanol–water partition coefficient (Wildman–Crippen LogP) is 0.0173. The number of carbonyl (C=O) groups excluding carboxylic acids is 1. The molecule has 2 N–H and O–H groups in total. The normalized spacial score (nSPS) is 32.6. The van der Waals surface area contributed by atoms with Crippen LogP contribution in [0.3, 0.4) is 0 Å². The zero-order valence-corrected chi connectivity index (χ0v) is 7.19. The minimum absolute atomic E-state index is 0.126. The first kappa shape index (κ1) is 8.34. The average molecular weight is 184 g/mol. The number of hydrogen-bond donors (Lipinski definition) is 2. The summed E-state index contributed by atoms with van der Waals surface area (Å²) in [7, 11) is 0.